The van der Waals surface area contributed by atoms with Crippen LogP contribution in [-0.4, -0.2) is 74.9 Å². The molecule has 1 saturated heterocycles. The van der Waals surface area contributed by atoms with Crippen LogP contribution in [0.1, 0.15) is 19.4 Å². The number of nitrogens with zero attached hydrogens (tertiary/aromatic N) is 7. The van der Waals surface area contributed by atoms with E-state index in [9.17, 15) is 15.0 Å². The van der Waals surface area contributed by atoms with Gasteiger partial charge >= 0.3 is 0 Å². The van der Waals surface area contributed by atoms with Crippen LogP contribution in [-0.2, 0) is 11.3 Å². The zero-order valence-corrected chi connectivity index (χ0v) is 17.5. The van der Waals surface area contributed by atoms with E-state index in [4.69, 9.17) is 5.73 Å². The number of nitrogens with two attached hydrogens (primary N) is 1. The fourth-order valence-corrected chi connectivity index (χ4v) is 4.48. The molecule has 0 radical (unpaired) electrons. The molecule has 3 aromatic heterocycles. The molecule has 11 nitrogen and oxygen atoms in total. The number of fused-ring (bicyclic) bond motifs is 2. The lowest BCUT2D eigenvalue weighted by Crippen LogP contribution is -2.43. The summed E-state index contributed by atoms with van der Waals surface area (Å²) in [7, 11) is 0. The number of hydrogen-bond acceptors (Lipinski definition) is 8. The lowest BCUT2D eigenvalue weighted by atomic mass is 9.91. The van der Waals surface area contributed by atoms with Crippen molar-refractivity contribution in [3.05, 3.63) is 43.2 Å². The van der Waals surface area contributed by atoms with Gasteiger partial charge in [0.15, 0.2) is 11.5 Å². The number of carbonyl (C=O) groups excluding carboxylic acids is 1. The molecular formula is C21H24N8O3. The maximum atomic E-state index is 13.3. The summed E-state index contributed by atoms with van der Waals surface area (Å²) in [4.78, 5) is 31.7. The van der Waals surface area contributed by atoms with Gasteiger partial charge in [-0.15, -0.1) is 0 Å². The van der Waals surface area contributed by atoms with Gasteiger partial charge in [0.1, 0.15) is 18.4 Å². The molecule has 5 rings (SSSR count). The fourth-order valence-electron chi connectivity index (χ4n) is 4.48. The largest absolute Gasteiger partial charge is 0.391 e. The Hall–Kier alpha value is -3.57. The van der Waals surface area contributed by atoms with E-state index in [0.717, 1.165) is 11.0 Å². The van der Waals surface area contributed by atoms with Crippen LogP contribution in [0.3, 0.4) is 0 Å². The molecule has 3 atom stereocenters. The number of aromatic nitrogens is 6. The van der Waals surface area contributed by atoms with Crippen molar-refractivity contribution in [2.45, 2.75) is 37.6 Å². The molecule has 11 heteroatoms. The minimum absolute atomic E-state index is 0.0713. The zero-order valence-electron chi connectivity index (χ0n) is 17.5. The molecule has 1 aliphatic heterocycles. The van der Waals surface area contributed by atoms with E-state index < -0.39 is 17.7 Å². The van der Waals surface area contributed by atoms with Gasteiger partial charge in [0, 0.05) is 19.5 Å². The van der Waals surface area contributed by atoms with Crippen LogP contribution >= 0.6 is 0 Å². The number of rotatable bonds is 3. The molecule has 0 saturated carbocycles. The Morgan fingerprint density at radius 3 is 2.84 bits per heavy atom. The van der Waals surface area contributed by atoms with E-state index >= 15 is 0 Å². The first-order valence-electron chi connectivity index (χ1n) is 10.3. The standard InChI is InChI=1S/C21H24N8O3/c1-21(32)6-13(30)7-27(17(31)9-28-11-25-14-4-2-3-5-15(14)28)8-16(21)29-12-26-18-19(22)23-10-24-20(18)29/h2-5,10-13,16,30,32H,6-9H2,1H3,(H2,22,23,24)/t13-,16+,21+/m1/s1. The number of likely N-dealkylation sites (tertiary alicyclic amines) is 1. The summed E-state index contributed by atoms with van der Waals surface area (Å²) in [6, 6.07) is 6.98. The first-order valence-corrected chi connectivity index (χ1v) is 10.3. The number of anilines is 1. The van der Waals surface area contributed by atoms with E-state index in [1.54, 1.807) is 33.6 Å². The monoisotopic (exact) mass is 436 g/mol. The van der Waals surface area contributed by atoms with E-state index in [1.165, 1.54) is 6.33 Å². The molecular weight excluding hydrogens is 412 g/mol. The van der Waals surface area contributed by atoms with Crippen molar-refractivity contribution in [2.75, 3.05) is 18.8 Å². The first kappa shape index (κ1) is 20.3. The smallest absolute Gasteiger partial charge is 0.242 e. The molecule has 0 spiro atoms. The number of nitrogen functional groups attached to an aromatic ring is 1. The van der Waals surface area contributed by atoms with Crippen LogP contribution in [0.25, 0.3) is 22.2 Å². The Morgan fingerprint density at radius 2 is 2.00 bits per heavy atom. The summed E-state index contributed by atoms with van der Waals surface area (Å²) < 4.78 is 3.49. The summed E-state index contributed by atoms with van der Waals surface area (Å²) in [5, 5.41) is 21.8. The zero-order chi connectivity index (χ0) is 22.5. The summed E-state index contributed by atoms with van der Waals surface area (Å²) in [5.41, 5.74) is 7.15. The van der Waals surface area contributed by atoms with Crippen LogP contribution in [0.4, 0.5) is 5.82 Å². The average molecular weight is 436 g/mol. The second kappa shape index (κ2) is 7.53. The van der Waals surface area contributed by atoms with Gasteiger partial charge in [-0.1, -0.05) is 12.1 Å². The lowest BCUT2D eigenvalue weighted by molar-refractivity contribution is -0.133. The number of para-hydroxylation sites is 2. The number of benzene rings is 1. The minimum Gasteiger partial charge on any atom is -0.391 e. The summed E-state index contributed by atoms with van der Waals surface area (Å²) >= 11 is 0. The van der Waals surface area contributed by atoms with Gasteiger partial charge in [-0.3, -0.25) is 4.79 Å². The van der Waals surface area contributed by atoms with Crippen molar-refractivity contribution in [3.8, 4) is 0 Å². The highest BCUT2D eigenvalue weighted by Crippen LogP contribution is 2.34. The predicted molar refractivity (Wildman–Crippen MR) is 116 cm³/mol. The van der Waals surface area contributed by atoms with Gasteiger partial charge < -0.3 is 30.0 Å². The summed E-state index contributed by atoms with van der Waals surface area (Å²) in [6.07, 6.45) is 3.72. The van der Waals surface area contributed by atoms with E-state index in [-0.39, 0.29) is 37.8 Å². The molecule has 4 N–H and O–H groups in total. The van der Waals surface area contributed by atoms with Gasteiger partial charge in [-0.25, -0.2) is 19.9 Å². The van der Waals surface area contributed by atoms with Crippen LogP contribution in [0.15, 0.2) is 43.2 Å². The normalized spacial score (nSPS) is 24.2. The second-order valence-corrected chi connectivity index (χ2v) is 8.47. The molecule has 4 heterocycles. The van der Waals surface area contributed by atoms with Crippen molar-refractivity contribution < 1.29 is 15.0 Å². The molecule has 0 unspecified atom stereocenters. The fraction of sp³-hybridized carbons (Fsp3) is 0.381. The van der Waals surface area contributed by atoms with Gasteiger partial charge in [-0.05, 0) is 19.1 Å². The molecule has 4 aromatic rings. The van der Waals surface area contributed by atoms with Crippen LogP contribution < -0.4 is 5.73 Å². The number of aliphatic hydroxyl groups is 2. The molecule has 1 fully saturated rings. The van der Waals surface area contributed by atoms with Crippen molar-refractivity contribution >= 4 is 33.9 Å². The van der Waals surface area contributed by atoms with Crippen LogP contribution in [0.2, 0.25) is 0 Å². The van der Waals surface area contributed by atoms with Gasteiger partial charge in [0.25, 0.3) is 0 Å². The maximum absolute atomic E-state index is 13.3. The number of aliphatic hydroxyl groups excluding tert-OH is 1. The van der Waals surface area contributed by atoms with Crippen LogP contribution in [0.5, 0.6) is 0 Å². The van der Waals surface area contributed by atoms with Gasteiger partial charge in [0.05, 0.1) is 41.4 Å². The molecule has 0 aliphatic carbocycles. The van der Waals surface area contributed by atoms with E-state index in [1.807, 2.05) is 24.3 Å². The molecule has 1 aromatic carbocycles. The van der Waals surface area contributed by atoms with E-state index in [2.05, 4.69) is 19.9 Å². The first-order chi connectivity index (χ1) is 15.3. The van der Waals surface area contributed by atoms with Crippen molar-refractivity contribution in [1.29, 1.82) is 0 Å². The summed E-state index contributed by atoms with van der Waals surface area (Å²) in [5.74, 6) is 0.0513. The van der Waals surface area contributed by atoms with E-state index in [0.29, 0.717) is 11.2 Å². The highest BCUT2D eigenvalue weighted by atomic mass is 16.3. The number of amides is 1. The summed E-state index contributed by atoms with van der Waals surface area (Å²) in [6.45, 7) is 2.00. The molecule has 0 bridgehead atoms. The van der Waals surface area contributed by atoms with Gasteiger partial charge in [0.2, 0.25) is 5.91 Å². The number of carbonyl (C=O) groups is 1. The third-order valence-corrected chi connectivity index (χ3v) is 6.10. The van der Waals surface area contributed by atoms with Crippen LogP contribution in [0, 0.1) is 0 Å². The number of imidazole rings is 2. The Kier molecular flexibility index (Phi) is 4.79. The SMILES string of the molecule is C[C@]1(O)C[C@@H](O)CN(C(=O)Cn2cnc3ccccc32)C[C@@H]1n1cnc2c(N)ncnc21. The maximum Gasteiger partial charge on any atom is 0.242 e. The number of hydrogen-bond donors (Lipinski definition) is 3. The molecule has 1 amide bonds. The highest BCUT2D eigenvalue weighted by Gasteiger charge is 2.42. The molecule has 32 heavy (non-hydrogen) atoms. The predicted octanol–water partition coefficient (Wildman–Crippen LogP) is 0.344. The Balaban J connectivity index is 1.48. The molecule has 1 aliphatic rings. The third-order valence-electron chi connectivity index (χ3n) is 6.10. The van der Waals surface area contributed by atoms with Gasteiger partial charge in [-0.2, -0.15) is 0 Å². The quantitative estimate of drug-likeness (QED) is 0.416. The van der Waals surface area contributed by atoms with Crippen molar-refractivity contribution in [1.82, 2.24) is 34.0 Å². The van der Waals surface area contributed by atoms with Crippen molar-refractivity contribution in [2.24, 2.45) is 0 Å². The third kappa shape index (κ3) is 3.45. The molecule has 166 valence electrons. The number of β-amino-alcohol motifs (C(OH)–C–C–N with tert-alkyl or cyclic N) is 1. The second-order valence-electron chi connectivity index (χ2n) is 8.47. The Bertz CT molecular complexity index is 1300. The topological polar surface area (TPSA) is 148 Å². The van der Waals surface area contributed by atoms with Crippen molar-refractivity contribution in [3.63, 3.8) is 0 Å². The Morgan fingerprint density at radius 1 is 1.19 bits per heavy atom. The minimum atomic E-state index is -1.32. The highest BCUT2D eigenvalue weighted by molar-refractivity contribution is 5.82. The lowest BCUT2D eigenvalue weighted by Gasteiger charge is -2.34. The average Bonchev–Trinajstić information content (AvgIpc) is 3.33. The Labute approximate surface area is 183 Å².